The molecule has 0 unspecified atom stereocenters. The smallest absolute Gasteiger partial charge is 0.120 e. The van der Waals surface area contributed by atoms with Crippen molar-refractivity contribution in [3.63, 3.8) is 0 Å². The highest BCUT2D eigenvalue weighted by Crippen LogP contribution is 2.32. The highest BCUT2D eigenvalue weighted by Gasteiger charge is 2.05. The van der Waals surface area contributed by atoms with Crippen molar-refractivity contribution in [2.24, 2.45) is 0 Å². The van der Waals surface area contributed by atoms with Crippen molar-refractivity contribution in [1.82, 2.24) is 0 Å². The van der Waals surface area contributed by atoms with E-state index >= 15 is 0 Å². The van der Waals surface area contributed by atoms with Gasteiger partial charge in [0.2, 0.25) is 0 Å². The van der Waals surface area contributed by atoms with E-state index in [1.54, 1.807) is 19.2 Å². The Hall–Kier alpha value is -2.68. The number of benzene rings is 3. The van der Waals surface area contributed by atoms with E-state index in [9.17, 15) is 5.11 Å². The molecule has 100 valence electrons. The van der Waals surface area contributed by atoms with Crippen LogP contribution in [0.4, 0.5) is 5.69 Å². The Morgan fingerprint density at radius 1 is 0.900 bits per heavy atom. The molecule has 0 aliphatic heterocycles. The van der Waals surface area contributed by atoms with Crippen molar-refractivity contribution < 1.29 is 9.84 Å². The van der Waals surface area contributed by atoms with Crippen LogP contribution in [0.15, 0.2) is 54.6 Å². The molecule has 20 heavy (non-hydrogen) atoms. The van der Waals surface area contributed by atoms with Gasteiger partial charge in [0.1, 0.15) is 11.5 Å². The minimum Gasteiger partial charge on any atom is -0.508 e. The summed E-state index contributed by atoms with van der Waals surface area (Å²) in [7, 11) is 1.62. The van der Waals surface area contributed by atoms with Crippen molar-refractivity contribution in [3.8, 4) is 22.6 Å². The van der Waals surface area contributed by atoms with E-state index in [0.717, 1.165) is 27.6 Å². The van der Waals surface area contributed by atoms with Crippen LogP contribution < -0.4 is 10.5 Å². The summed E-state index contributed by atoms with van der Waals surface area (Å²) in [4.78, 5) is 0. The Bertz CT molecular complexity index is 781. The van der Waals surface area contributed by atoms with Crippen LogP contribution in [0.25, 0.3) is 21.9 Å². The third kappa shape index (κ3) is 2.14. The number of nitrogen functional groups attached to an aromatic ring is 1. The second-order valence-electron chi connectivity index (χ2n) is 4.70. The first kappa shape index (κ1) is 12.4. The number of phenolic OH excluding ortho intramolecular Hbond substituents is 1. The number of anilines is 1. The normalized spacial score (nSPS) is 10.7. The van der Waals surface area contributed by atoms with Crippen LogP contribution in [0.5, 0.6) is 11.5 Å². The number of nitrogens with two attached hydrogens (primary N) is 1. The van der Waals surface area contributed by atoms with Crippen LogP contribution in [-0.2, 0) is 0 Å². The van der Waals surface area contributed by atoms with Crippen LogP contribution >= 0.6 is 0 Å². The van der Waals surface area contributed by atoms with Gasteiger partial charge in [-0.2, -0.15) is 0 Å². The van der Waals surface area contributed by atoms with Gasteiger partial charge in [-0.3, -0.25) is 0 Å². The van der Waals surface area contributed by atoms with Gasteiger partial charge in [-0.05, 0) is 46.7 Å². The Balaban J connectivity index is 2.12. The van der Waals surface area contributed by atoms with Crippen molar-refractivity contribution in [2.45, 2.75) is 0 Å². The molecule has 3 nitrogen and oxygen atoms in total. The maximum atomic E-state index is 9.48. The molecule has 0 fully saturated rings. The maximum absolute atomic E-state index is 9.48. The van der Waals surface area contributed by atoms with Crippen LogP contribution in [0.1, 0.15) is 0 Å². The number of hydrogen-bond acceptors (Lipinski definition) is 3. The summed E-state index contributed by atoms with van der Waals surface area (Å²) in [6, 6.07) is 17.0. The third-order valence-electron chi connectivity index (χ3n) is 3.39. The van der Waals surface area contributed by atoms with Crippen molar-refractivity contribution >= 4 is 16.5 Å². The van der Waals surface area contributed by atoms with E-state index in [-0.39, 0.29) is 5.75 Å². The van der Waals surface area contributed by atoms with E-state index in [4.69, 9.17) is 10.5 Å². The predicted molar refractivity (Wildman–Crippen MR) is 82.0 cm³/mol. The number of methoxy groups -OCH3 is 1. The van der Waals surface area contributed by atoms with Crippen LogP contribution in [0.3, 0.4) is 0 Å². The summed E-state index contributed by atoms with van der Waals surface area (Å²) < 4.78 is 5.16. The van der Waals surface area contributed by atoms with Crippen molar-refractivity contribution in [3.05, 3.63) is 54.6 Å². The van der Waals surface area contributed by atoms with E-state index in [0.29, 0.717) is 5.69 Å². The highest BCUT2D eigenvalue weighted by atomic mass is 16.5. The van der Waals surface area contributed by atoms with Gasteiger partial charge < -0.3 is 15.6 Å². The zero-order valence-electron chi connectivity index (χ0n) is 11.1. The van der Waals surface area contributed by atoms with Crippen molar-refractivity contribution in [1.29, 1.82) is 0 Å². The molecular formula is C17H15NO2. The number of fused-ring (bicyclic) bond motifs is 1. The van der Waals surface area contributed by atoms with Gasteiger partial charge in [0.25, 0.3) is 0 Å². The summed E-state index contributed by atoms with van der Waals surface area (Å²) in [6.07, 6.45) is 0. The molecule has 0 bridgehead atoms. The minimum atomic E-state index is 0.272. The molecule has 0 aromatic heterocycles. The predicted octanol–water partition coefficient (Wildman–Crippen LogP) is 3.80. The molecule has 0 aliphatic carbocycles. The second kappa shape index (κ2) is 4.78. The Labute approximate surface area is 117 Å². The summed E-state index contributed by atoms with van der Waals surface area (Å²) in [5.74, 6) is 1.02. The van der Waals surface area contributed by atoms with Crippen LogP contribution in [0, 0.1) is 0 Å². The van der Waals surface area contributed by atoms with Gasteiger partial charge in [0.15, 0.2) is 0 Å². The Kier molecular flexibility index (Phi) is 2.95. The fourth-order valence-corrected chi connectivity index (χ4v) is 2.33. The number of ether oxygens (including phenoxy) is 1. The lowest BCUT2D eigenvalue weighted by molar-refractivity contribution is 0.415. The summed E-state index contributed by atoms with van der Waals surface area (Å²) in [5, 5.41) is 11.6. The fourth-order valence-electron chi connectivity index (χ4n) is 2.33. The average Bonchev–Trinajstić information content (AvgIpc) is 2.46. The zero-order chi connectivity index (χ0) is 14.1. The Morgan fingerprint density at radius 2 is 1.65 bits per heavy atom. The molecule has 0 heterocycles. The molecule has 0 atom stereocenters. The molecule has 3 rings (SSSR count). The first-order chi connectivity index (χ1) is 9.67. The molecule has 0 saturated heterocycles. The first-order valence-electron chi connectivity index (χ1n) is 6.34. The molecule has 3 aromatic carbocycles. The van der Waals surface area contributed by atoms with Gasteiger partial charge >= 0.3 is 0 Å². The van der Waals surface area contributed by atoms with Gasteiger partial charge in [-0.15, -0.1) is 0 Å². The first-order valence-corrected chi connectivity index (χ1v) is 6.34. The SMILES string of the molecule is COc1ccc(-c2ccc3cc(O)ccc3c2)c(N)c1. The zero-order valence-corrected chi connectivity index (χ0v) is 11.1. The number of aromatic hydroxyl groups is 1. The van der Waals surface area contributed by atoms with E-state index in [1.807, 2.05) is 36.4 Å². The van der Waals surface area contributed by atoms with Crippen LogP contribution in [-0.4, -0.2) is 12.2 Å². The lowest BCUT2D eigenvalue weighted by Crippen LogP contribution is -1.92. The van der Waals surface area contributed by atoms with Gasteiger partial charge in [0.05, 0.1) is 7.11 Å². The highest BCUT2D eigenvalue weighted by molar-refractivity contribution is 5.90. The minimum absolute atomic E-state index is 0.272. The molecule has 0 spiro atoms. The second-order valence-corrected chi connectivity index (χ2v) is 4.70. The number of phenols is 1. The molecule has 3 heteroatoms. The van der Waals surface area contributed by atoms with Crippen LogP contribution in [0.2, 0.25) is 0 Å². The summed E-state index contributed by atoms with van der Waals surface area (Å²) in [6.45, 7) is 0. The quantitative estimate of drug-likeness (QED) is 0.693. The molecular weight excluding hydrogens is 250 g/mol. The standard InChI is InChI=1S/C17H15NO2/c1-20-15-6-7-16(17(18)10-15)13-3-2-12-9-14(19)5-4-11(12)8-13/h2-10,19H,18H2,1H3. The Morgan fingerprint density at radius 3 is 2.40 bits per heavy atom. The molecule has 0 saturated carbocycles. The van der Waals surface area contributed by atoms with Gasteiger partial charge in [-0.1, -0.05) is 18.2 Å². The van der Waals surface area contributed by atoms with Gasteiger partial charge in [0, 0.05) is 17.3 Å². The lowest BCUT2D eigenvalue weighted by Gasteiger charge is -2.09. The third-order valence-corrected chi connectivity index (χ3v) is 3.39. The molecule has 0 aliphatic rings. The maximum Gasteiger partial charge on any atom is 0.120 e. The molecule has 3 N–H and O–H groups in total. The topological polar surface area (TPSA) is 55.5 Å². The summed E-state index contributed by atoms with van der Waals surface area (Å²) in [5.41, 5.74) is 8.78. The van der Waals surface area contributed by atoms with Gasteiger partial charge in [-0.25, -0.2) is 0 Å². The van der Waals surface area contributed by atoms with Crippen molar-refractivity contribution in [2.75, 3.05) is 12.8 Å². The fraction of sp³-hybridized carbons (Fsp3) is 0.0588. The van der Waals surface area contributed by atoms with E-state index in [2.05, 4.69) is 6.07 Å². The monoisotopic (exact) mass is 265 g/mol. The van der Waals surface area contributed by atoms with E-state index < -0.39 is 0 Å². The lowest BCUT2D eigenvalue weighted by atomic mass is 10.00. The number of hydrogen-bond donors (Lipinski definition) is 2. The van der Waals surface area contributed by atoms with E-state index in [1.165, 1.54) is 0 Å². The number of rotatable bonds is 2. The molecule has 0 radical (unpaired) electrons. The largest absolute Gasteiger partial charge is 0.508 e. The molecule has 3 aromatic rings. The summed E-state index contributed by atoms with van der Waals surface area (Å²) >= 11 is 0. The molecule has 0 amide bonds. The average molecular weight is 265 g/mol.